The highest BCUT2D eigenvalue weighted by atomic mass is 19.3. The maximum atomic E-state index is 12.8. The van der Waals surface area contributed by atoms with Crippen molar-refractivity contribution in [3.63, 3.8) is 0 Å². The van der Waals surface area contributed by atoms with Gasteiger partial charge in [-0.25, -0.2) is 0 Å². The van der Waals surface area contributed by atoms with Crippen molar-refractivity contribution in [2.75, 3.05) is 33.9 Å². The van der Waals surface area contributed by atoms with Crippen LogP contribution in [-0.4, -0.2) is 46.5 Å². The highest BCUT2D eigenvalue weighted by Crippen LogP contribution is 2.43. The van der Waals surface area contributed by atoms with Gasteiger partial charge in [0.2, 0.25) is 0 Å². The molecule has 0 atom stereocenters. The van der Waals surface area contributed by atoms with Gasteiger partial charge in [-0.2, -0.15) is 8.78 Å². The molecule has 29 heavy (non-hydrogen) atoms. The second-order valence-electron chi connectivity index (χ2n) is 7.37. The molecule has 0 spiro atoms. The summed E-state index contributed by atoms with van der Waals surface area (Å²) in [5, 5.41) is 6.54. The number of benzene rings is 1. The Hall–Kier alpha value is -2.09. The van der Waals surface area contributed by atoms with Crippen molar-refractivity contribution in [1.29, 1.82) is 0 Å². The van der Waals surface area contributed by atoms with Gasteiger partial charge < -0.3 is 24.8 Å². The van der Waals surface area contributed by atoms with Crippen LogP contribution in [-0.2, 0) is 11.3 Å². The molecule has 1 aromatic rings. The van der Waals surface area contributed by atoms with E-state index < -0.39 is 6.61 Å². The number of hydrogen-bond donors (Lipinski definition) is 2. The van der Waals surface area contributed by atoms with E-state index in [1.807, 2.05) is 6.92 Å². The molecule has 0 amide bonds. The first-order chi connectivity index (χ1) is 14.0. The number of hydrogen-bond acceptors (Lipinski definition) is 4. The fourth-order valence-corrected chi connectivity index (χ4v) is 3.38. The van der Waals surface area contributed by atoms with Crippen LogP contribution in [0.2, 0.25) is 0 Å². The Labute approximate surface area is 172 Å². The predicted octanol–water partition coefficient (Wildman–Crippen LogP) is 3.95. The van der Waals surface area contributed by atoms with Gasteiger partial charge in [0.05, 0.1) is 6.61 Å². The number of guanidine groups is 1. The van der Waals surface area contributed by atoms with Crippen molar-refractivity contribution in [2.45, 2.75) is 52.2 Å². The molecule has 2 N–H and O–H groups in total. The summed E-state index contributed by atoms with van der Waals surface area (Å²) in [6, 6.07) is 4.99. The van der Waals surface area contributed by atoms with E-state index in [2.05, 4.69) is 20.4 Å². The third-order valence-corrected chi connectivity index (χ3v) is 5.28. The van der Waals surface area contributed by atoms with Crippen molar-refractivity contribution in [1.82, 2.24) is 10.6 Å². The monoisotopic (exact) mass is 413 g/mol. The number of ether oxygens (including phenoxy) is 3. The zero-order chi connectivity index (χ0) is 21.1. The third-order valence-electron chi connectivity index (χ3n) is 5.28. The lowest BCUT2D eigenvalue weighted by Gasteiger charge is -2.42. The number of methoxy groups -OCH3 is 1. The molecule has 1 aromatic carbocycles. The molecule has 1 aliphatic carbocycles. The minimum absolute atomic E-state index is 0.104. The number of nitrogens with one attached hydrogen (secondary N) is 2. The minimum Gasteiger partial charge on any atom is -0.493 e. The maximum Gasteiger partial charge on any atom is 0.387 e. The number of rotatable bonds is 12. The van der Waals surface area contributed by atoms with Gasteiger partial charge in [0.15, 0.2) is 5.96 Å². The van der Waals surface area contributed by atoms with E-state index in [1.165, 1.54) is 25.3 Å². The van der Waals surface area contributed by atoms with Gasteiger partial charge in [0.25, 0.3) is 0 Å². The van der Waals surface area contributed by atoms with E-state index in [9.17, 15) is 8.78 Å². The fraction of sp³-hybridized carbons (Fsp3) is 0.667. The molecule has 0 heterocycles. The predicted molar refractivity (Wildman–Crippen MR) is 110 cm³/mol. The van der Waals surface area contributed by atoms with Crippen LogP contribution in [0.3, 0.4) is 0 Å². The summed E-state index contributed by atoms with van der Waals surface area (Å²) < 4.78 is 41.1. The van der Waals surface area contributed by atoms with Crippen LogP contribution in [0.15, 0.2) is 23.2 Å². The van der Waals surface area contributed by atoms with Crippen LogP contribution < -0.4 is 20.1 Å². The first-order valence-electron chi connectivity index (χ1n) is 10.2. The maximum absolute atomic E-state index is 12.8. The van der Waals surface area contributed by atoms with Gasteiger partial charge in [0.1, 0.15) is 11.5 Å². The van der Waals surface area contributed by atoms with E-state index in [0.717, 1.165) is 26.0 Å². The van der Waals surface area contributed by atoms with Crippen LogP contribution in [0.1, 0.15) is 44.6 Å². The summed E-state index contributed by atoms with van der Waals surface area (Å²) in [5.41, 5.74) is 0.852. The zero-order valence-corrected chi connectivity index (χ0v) is 17.6. The van der Waals surface area contributed by atoms with E-state index in [1.54, 1.807) is 26.3 Å². The van der Waals surface area contributed by atoms with Crippen LogP contribution >= 0.6 is 0 Å². The highest BCUT2D eigenvalue weighted by molar-refractivity contribution is 5.79. The van der Waals surface area contributed by atoms with Gasteiger partial charge in [0, 0.05) is 45.5 Å². The van der Waals surface area contributed by atoms with E-state index in [4.69, 9.17) is 9.47 Å². The van der Waals surface area contributed by atoms with Crippen molar-refractivity contribution in [3.05, 3.63) is 23.8 Å². The molecule has 2 rings (SSSR count). The molecule has 6 nitrogen and oxygen atoms in total. The Balaban J connectivity index is 1.95. The standard InChI is InChI=1S/C21H33F2N3O3/c1-4-11-28-17-7-6-16(18(13-17)29-19(22)23)14-25-20(24-2)26-15-21(8-5-9-21)10-12-27-3/h6-7,13,19H,4-5,8-12,14-15H2,1-3H3,(H2,24,25,26). The second kappa shape index (κ2) is 11.8. The SMILES string of the molecule is CCCOc1ccc(CNC(=NC)NCC2(CCOC)CCC2)c(OC(F)F)c1. The zero-order valence-electron chi connectivity index (χ0n) is 17.6. The second-order valence-corrected chi connectivity index (χ2v) is 7.37. The molecule has 1 saturated carbocycles. The number of alkyl halides is 2. The highest BCUT2D eigenvalue weighted by Gasteiger charge is 2.36. The Bertz CT molecular complexity index is 652. The summed E-state index contributed by atoms with van der Waals surface area (Å²) in [5.74, 6) is 1.24. The molecule has 8 heteroatoms. The summed E-state index contributed by atoms with van der Waals surface area (Å²) >= 11 is 0. The molecule has 0 saturated heterocycles. The van der Waals surface area contributed by atoms with E-state index in [0.29, 0.717) is 30.4 Å². The van der Waals surface area contributed by atoms with Gasteiger partial charge in [-0.1, -0.05) is 13.3 Å². The lowest BCUT2D eigenvalue weighted by molar-refractivity contribution is -0.0505. The molecule has 164 valence electrons. The smallest absolute Gasteiger partial charge is 0.387 e. The number of aliphatic imine (C=N–C) groups is 1. The van der Waals surface area contributed by atoms with E-state index >= 15 is 0 Å². The average molecular weight is 414 g/mol. The minimum atomic E-state index is -2.90. The van der Waals surface area contributed by atoms with Crippen LogP contribution in [0.5, 0.6) is 11.5 Å². The van der Waals surface area contributed by atoms with Crippen molar-refractivity contribution in [2.24, 2.45) is 10.4 Å². The third kappa shape index (κ3) is 7.34. The van der Waals surface area contributed by atoms with Crippen molar-refractivity contribution >= 4 is 5.96 Å². The van der Waals surface area contributed by atoms with Crippen molar-refractivity contribution in [3.8, 4) is 11.5 Å². The number of halogens is 2. The largest absolute Gasteiger partial charge is 0.493 e. The molecule has 0 aromatic heterocycles. The Morgan fingerprint density at radius 2 is 2.03 bits per heavy atom. The Morgan fingerprint density at radius 1 is 1.24 bits per heavy atom. The van der Waals surface area contributed by atoms with Gasteiger partial charge in [-0.3, -0.25) is 4.99 Å². The Morgan fingerprint density at radius 3 is 2.62 bits per heavy atom. The van der Waals surface area contributed by atoms with Gasteiger partial charge >= 0.3 is 6.61 Å². The molecular weight excluding hydrogens is 380 g/mol. The molecule has 0 radical (unpaired) electrons. The lowest BCUT2D eigenvalue weighted by atomic mass is 9.67. The molecular formula is C21H33F2N3O3. The average Bonchev–Trinajstić information content (AvgIpc) is 2.68. The molecule has 0 bridgehead atoms. The lowest BCUT2D eigenvalue weighted by Crippen LogP contribution is -2.46. The number of nitrogens with zero attached hydrogens (tertiary/aromatic N) is 1. The fourth-order valence-electron chi connectivity index (χ4n) is 3.38. The van der Waals surface area contributed by atoms with Gasteiger partial charge in [-0.15, -0.1) is 0 Å². The summed E-state index contributed by atoms with van der Waals surface area (Å²) in [6.07, 6.45) is 5.43. The van der Waals surface area contributed by atoms with E-state index in [-0.39, 0.29) is 11.2 Å². The first-order valence-corrected chi connectivity index (χ1v) is 10.2. The van der Waals surface area contributed by atoms with Crippen LogP contribution in [0.4, 0.5) is 8.78 Å². The van der Waals surface area contributed by atoms with Crippen molar-refractivity contribution < 1.29 is 23.0 Å². The summed E-state index contributed by atoms with van der Waals surface area (Å²) in [4.78, 5) is 4.24. The molecule has 1 fully saturated rings. The normalized spacial score (nSPS) is 15.7. The molecule has 1 aliphatic rings. The first kappa shape index (κ1) is 23.2. The molecule has 0 aliphatic heterocycles. The van der Waals surface area contributed by atoms with Crippen LogP contribution in [0.25, 0.3) is 0 Å². The summed E-state index contributed by atoms with van der Waals surface area (Å²) in [6.45, 7) is 1.46. The quantitative estimate of drug-likeness (QED) is 0.401. The molecule has 0 unspecified atom stereocenters. The summed E-state index contributed by atoms with van der Waals surface area (Å²) in [7, 11) is 3.41. The topological polar surface area (TPSA) is 64.1 Å². The van der Waals surface area contributed by atoms with Crippen LogP contribution in [0, 0.1) is 5.41 Å². The Kier molecular flexibility index (Phi) is 9.44. The van der Waals surface area contributed by atoms with Gasteiger partial charge in [-0.05, 0) is 43.2 Å².